The van der Waals surface area contributed by atoms with Crippen LogP contribution in [0.3, 0.4) is 0 Å². The zero-order valence-electron chi connectivity index (χ0n) is 10.4. The lowest BCUT2D eigenvalue weighted by Crippen LogP contribution is -2.25. The molecule has 0 spiro atoms. The predicted octanol–water partition coefficient (Wildman–Crippen LogP) is 3.60. The summed E-state index contributed by atoms with van der Waals surface area (Å²) < 4.78 is 19.0. The van der Waals surface area contributed by atoms with Gasteiger partial charge in [0.15, 0.2) is 6.17 Å². The van der Waals surface area contributed by atoms with Gasteiger partial charge in [-0.15, -0.1) is 0 Å². The number of halogens is 1. The molecule has 1 rings (SSSR count). The Balaban J connectivity index is 2.74. The zero-order valence-corrected chi connectivity index (χ0v) is 10.4. The number of carbonyl (C=O) groups excluding carboxylic acids is 1. The van der Waals surface area contributed by atoms with Gasteiger partial charge in [-0.25, -0.2) is 9.18 Å². The van der Waals surface area contributed by atoms with Crippen LogP contribution in [0.4, 0.5) is 4.39 Å². The molecule has 0 radical (unpaired) electrons. The first-order chi connectivity index (χ1) is 7.81. The van der Waals surface area contributed by atoms with E-state index in [1.807, 2.05) is 0 Å². The molecule has 1 atom stereocenters. The summed E-state index contributed by atoms with van der Waals surface area (Å²) in [6.45, 7) is 8.66. The van der Waals surface area contributed by atoms with E-state index >= 15 is 0 Å². The second-order valence-corrected chi connectivity index (χ2v) is 4.80. The summed E-state index contributed by atoms with van der Waals surface area (Å²) in [5, 5.41) is 0. The van der Waals surface area contributed by atoms with E-state index in [0.717, 1.165) is 0 Å². The van der Waals surface area contributed by atoms with E-state index in [1.54, 1.807) is 51.1 Å². The van der Waals surface area contributed by atoms with Crippen molar-refractivity contribution >= 4 is 5.97 Å². The molecule has 0 aliphatic rings. The van der Waals surface area contributed by atoms with Gasteiger partial charge < -0.3 is 4.74 Å². The Bertz CT molecular complexity index is 404. The highest BCUT2D eigenvalue weighted by atomic mass is 19.1. The largest absolute Gasteiger partial charge is 0.457 e. The SMILES string of the molecule is C=C(C(=O)OC(C)(C)C)C(F)c1ccccc1. The molecule has 0 N–H and O–H groups in total. The van der Waals surface area contributed by atoms with Crippen LogP contribution in [0.25, 0.3) is 0 Å². The van der Waals surface area contributed by atoms with Gasteiger partial charge >= 0.3 is 5.97 Å². The van der Waals surface area contributed by atoms with Crippen LogP contribution in [0, 0.1) is 0 Å². The topological polar surface area (TPSA) is 26.3 Å². The van der Waals surface area contributed by atoms with Crippen LogP contribution in [0.15, 0.2) is 42.5 Å². The fourth-order valence-corrected chi connectivity index (χ4v) is 1.27. The van der Waals surface area contributed by atoms with Crippen LogP contribution in [0.2, 0.25) is 0 Å². The normalized spacial score (nSPS) is 12.9. The molecule has 0 aromatic heterocycles. The Morgan fingerprint density at radius 3 is 2.29 bits per heavy atom. The summed E-state index contributed by atoms with van der Waals surface area (Å²) in [6, 6.07) is 8.43. The molecule has 0 heterocycles. The minimum absolute atomic E-state index is 0.175. The Kier molecular flexibility index (Phi) is 4.05. The lowest BCUT2D eigenvalue weighted by molar-refractivity contribution is -0.150. The third-order valence-corrected chi connectivity index (χ3v) is 2.06. The first-order valence-electron chi connectivity index (χ1n) is 5.42. The molecule has 2 nitrogen and oxygen atoms in total. The highest BCUT2D eigenvalue weighted by Crippen LogP contribution is 2.26. The summed E-state index contributed by atoms with van der Waals surface area (Å²) in [4.78, 5) is 11.6. The number of benzene rings is 1. The van der Waals surface area contributed by atoms with Crippen LogP contribution in [-0.2, 0) is 9.53 Å². The van der Waals surface area contributed by atoms with Crippen molar-refractivity contribution < 1.29 is 13.9 Å². The zero-order chi connectivity index (χ0) is 13.1. The number of hydrogen-bond donors (Lipinski definition) is 0. The first-order valence-corrected chi connectivity index (χ1v) is 5.42. The number of hydrogen-bond acceptors (Lipinski definition) is 2. The van der Waals surface area contributed by atoms with Crippen LogP contribution in [0.1, 0.15) is 32.5 Å². The second-order valence-electron chi connectivity index (χ2n) is 4.80. The summed E-state index contributed by atoms with van der Waals surface area (Å²) in [5.74, 6) is -0.700. The maximum atomic E-state index is 14.0. The standard InChI is InChI=1S/C14H17FO2/c1-10(13(16)17-14(2,3)4)12(15)11-8-6-5-7-9-11/h5-9,12H,1H2,2-4H3. The molecular weight excluding hydrogens is 219 g/mol. The number of rotatable bonds is 3. The second kappa shape index (κ2) is 5.13. The van der Waals surface area contributed by atoms with Gasteiger partial charge in [0.25, 0.3) is 0 Å². The minimum Gasteiger partial charge on any atom is -0.457 e. The highest BCUT2D eigenvalue weighted by Gasteiger charge is 2.25. The van der Waals surface area contributed by atoms with E-state index in [-0.39, 0.29) is 5.57 Å². The van der Waals surface area contributed by atoms with Crippen LogP contribution >= 0.6 is 0 Å². The van der Waals surface area contributed by atoms with Crippen molar-refractivity contribution in [3.63, 3.8) is 0 Å². The predicted molar refractivity (Wildman–Crippen MR) is 65.3 cm³/mol. The van der Waals surface area contributed by atoms with Crippen molar-refractivity contribution in [1.29, 1.82) is 0 Å². The lowest BCUT2D eigenvalue weighted by atomic mass is 10.0. The fraction of sp³-hybridized carbons (Fsp3) is 0.357. The summed E-state index contributed by atoms with van der Waals surface area (Å²) >= 11 is 0. The van der Waals surface area contributed by atoms with Gasteiger partial charge in [-0.1, -0.05) is 36.9 Å². The Labute approximate surface area is 101 Å². The average Bonchev–Trinajstić information content (AvgIpc) is 2.26. The Morgan fingerprint density at radius 2 is 1.82 bits per heavy atom. The number of esters is 1. The molecule has 1 aromatic rings. The third-order valence-electron chi connectivity index (χ3n) is 2.06. The van der Waals surface area contributed by atoms with E-state index < -0.39 is 17.7 Å². The quantitative estimate of drug-likeness (QED) is 0.592. The van der Waals surface area contributed by atoms with Crippen molar-refractivity contribution in [1.82, 2.24) is 0 Å². The fourth-order valence-electron chi connectivity index (χ4n) is 1.27. The molecule has 0 amide bonds. The van der Waals surface area contributed by atoms with Crippen molar-refractivity contribution in [2.45, 2.75) is 32.5 Å². The minimum atomic E-state index is -1.52. The molecule has 92 valence electrons. The molecule has 1 unspecified atom stereocenters. The van der Waals surface area contributed by atoms with Crippen LogP contribution < -0.4 is 0 Å². The third kappa shape index (κ3) is 4.02. The number of ether oxygens (including phenoxy) is 1. The van der Waals surface area contributed by atoms with Gasteiger partial charge in [-0.3, -0.25) is 0 Å². The maximum absolute atomic E-state index is 14.0. The molecule has 17 heavy (non-hydrogen) atoms. The first kappa shape index (κ1) is 13.4. The molecule has 0 saturated heterocycles. The van der Waals surface area contributed by atoms with E-state index in [9.17, 15) is 9.18 Å². The van der Waals surface area contributed by atoms with Crippen molar-refractivity contribution in [3.05, 3.63) is 48.0 Å². The Hall–Kier alpha value is -1.64. The highest BCUT2D eigenvalue weighted by molar-refractivity contribution is 5.89. The van der Waals surface area contributed by atoms with Crippen molar-refractivity contribution in [3.8, 4) is 0 Å². The van der Waals surface area contributed by atoms with Gasteiger partial charge in [0.1, 0.15) is 5.60 Å². The molecular formula is C14H17FO2. The number of carbonyl (C=O) groups is 1. The van der Waals surface area contributed by atoms with E-state index in [4.69, 9.17) is 4.74 Å². The Morgan fingerprint density at radius 1 is 1.29 bits per heavy atom. The van der Waals surface area contributed by atoms with Gasteiger partial charge in [0, 0.05) is 0 Å². The van der Waals surface area contributed by atoms with Crippen molar-refractivity contribution in [2.24, 2.45) is 0 Å². The molecule has 1 aromatic carbocycles. The van der Waals surface area contributed by atoms with E-state index in [2.05, 4.69) is 6.58 Å². The van der Waals surface area contributed by atoms with Gasteiger partial charge in [0.2, 0.25) is 0 Å². The van der Waals surface area contributed by atoms with E-state index in [0.29, 0.717) is 5.56 Å². The monoisotopic (exact) mass is 236 g/mol. The van der Waals surface area contributed by atoms with Gasteiger partial charge in [0.05, 0.1) is 5.57 Å². The summed E-state index contributed by atoms with van der Waals surface area (Å²) in [7, 11) is 0. The molecule has 0 aliphatic heterocycles. The maximum Gasteiger partial charge on any atom is 0.337 e. The molecule has 0 fully saturated rings. The molecule has 0 bridgehead atoms. The van der Waals surface area contributed by atoms with E-state index in [1.165, 1.54) is 0 Å². The van der Waals surface area contributed by atoms with Crippen LogP contribution in [0.5, 0.6) is 0 Å². The average molecular weight is 236 g/mol. The smallest absolute Gasteiger partial charge is 0.337 e. The summed E-state index contributed by atoms with van der Waals surface area (Å²) in [5.41, 5.74) is -0.411. The molecule has 0 saturated carbocycles. The number of alkyl halides is 1. The lowest BCUT2D eigenvalue weighted by Gasteiger charge is -2.21. The molecule has 0 aliphatic carbocycles. The summed E-state index contributed by atoms with van der Waals surface area (Å²) in [6.07, 6.45) is -1.52. The van der Waals surface area contributed by atoms with Gasteiger partial charge in [-0.05, 0) is 26.3 Å². The van der Waals surface area contributed by atoms with Gasteiger partial charge in [-0.2, -0.15) is 0 Å². The van der Waals surface area contributed by atoms with Crippen LogP contribution in [-0.4, -0.2) is 11.6 Å². The van der Waals surface area contributed by atoms with Crippen molar-refractivity contribution in [2.75, 3.05) is 0 Å². The molecule has 3 heteroatoms.